The average molecular weight is 468 g/mol. The number of rotatable bonds is 11. The fourth-order valence-corrected chi connectivity index (χ4v) is 4.41. The monoisotopic (exact) mass is 467 g/mol. The molecular weight excluding hydrogens is 442 g/mol. The van der Waals surface area contributed by atoms with Gasteiger partial charge in [0, 0.05) is 24.5 Å². The quantitative estimate of drug-likeness (QED) is 0.398. The Bertz CT molecular complexity index is 1170. The van der Waals surface area contributed by atoms with E-state index in [2.05, 4.69) is 15.0 Å². The van der Waals surface area contributed by atoms with Crippen molar-refractivity contribution in [2.45, 2.75) is 30.2 Å². The van der Waals surface area contributed by atoms with E-state index in [0.717, 1.165) is 24.8 Å². The number of carboxylic acid groups (broad SMARTS) is 1. The van der Waals surface area contributed by atoms with Gasteiger partial charge in [0.1, 0.15) is 6.04 Å². The molecule has 33 heavy (non-hydrogen) atoms. The number of carbonyl (C=O) groups is 2. The van der Waals surface area contributed by atoms with Gasteiger partial charge in [0.25, 0.3) is 5.91 Å². The molecule has 3 aromatic rings. The van der Waals surface area contributed by atoms with Gasteiger partial charge in [0.05, 0.1) is 4.90 Å². The summed E-state index contributed by atoms with van der Waals surface area (Å²) < 4.78 is 26.9. The van der Waals surface area contributed by atoms with Gasteiger partial charge < -0.3 is 10.4 Å². The van der Waals surface area contributed by atoms with Crippen molar-refractivity contribution in [1.29, 1.82) is 0 Å². The number of nitrogens with zero attached hydrogens (tertiary/aromatic N) is 1. The van der Waals surface area contributed by atoms with E-state index < -0.39 is 34.5 Å². The van der Waals surface area contributed by atoms with Gasteiger partial charge >= 0.3 is 5.97 Å². The summed E-state index contributed by atoms with van der Waals surface area (Å²) in [5.41, 5.74) is 2.67. The number of pyridine rings is 1. The molecule has 1 heterocycles. The molecule has 0 aliphatic heterocycles. The van der Waals surface area contributed by atoms with Crippen LogP contribution in [0.1, 0.15) is 27.9 Å². The lowest BCUT2D eigenvalue weighted by Crippen LogP contribution is -2.48. The molecule has 172 valence electrons. The number of aliphatic carboxylic acids is 1. The van der Waals surface area contributed by atoms with Gasteiger partial charge in [-0.15, -0.1) is 0 Å². The number of aryl methyl sites for hydroxylation is 2. The maximum absolute atomic E-state index is 12.4. The Morgan fingerprint density at radius 2 is 1.48 bits per heavy atom. The lowest BCUT2D eigenvalue weighted by molar-refractivity contribution is -0.138. The Morgan fingerprint density at radius 3 is 2.09 bits per heavy atom. The molecule has 0 saturated carbocycles. The van der Waals surface area contributed by atoms with E-state index in [1.807, 2.05) is 24.3 Å². The van der Waals surface area contributed by atoms with Gasteiger partial charge in [-0.3, -0.25) is 14.6 Å². The van der Waals surface area contributed by atoms with E-state index in [-0.39, 0.29) is 4.90 Å². The minimum Gasteiger partial charge on any atom is -0.480 e. The molecule has 8 nitrogen and oxygen atoms in total. The molecule has 1 atom stereocenters. The molecule has 1 unspecified atom stereocenters. The van der Waals surface area contributed by atoms with Crippen LogP contribution in [-0.2, 0) is 27.7 Å². The first-order valence-electron chi connectivity index (χ1n) is 10.4. The molecule has 1 aromatic heterocycles. The number of nitrogens with one attached hydrogen (secondary N) is 2. The first-order valence-corrected chi connectivity index (χ1v) is 11.9. The lowest BCUT2D eigenvalue weighted by atomic mass is 10.0. The minimum atomic E-state index is -4.04. The second-order valence-corrected chi connectivity index (χ2v) is 9.16. The van der Waals surface area contributed by atoms with Crippen LogP contribution >= 0.6 is 0 Å². The van der Waals surface area contributed by atoms with Gasteiger partial charge in [0.15, 0.2) is 0 Å². The van der Waals surface area contributed by atoms with E-state index in [9.17, 15) is 23.1 Å². The van der Waals surface area contributed by atoms with Crippen molar-refractivity contribution in [3.63, 3.8) is 0 Å². The number of amides is 1. The zero-order chi connectivity index (χ0) is 23.7. The maximum Gasteiger partial charge on any atom is 0.323 e. The molecule has 0 aliphatic rings. The highest BCUT2D eigenvalue weighted by Gasteiger charge is 2.25. The van der Waals surface area contributed by atoms with Crippen LogP contribution in [0.2, 0.25) is 0 Å². The second-order valence-electron chi connectivity index (χ2n) is 7.44. The van der Waals surface area contributed by atoms with Crippen molar-refractivity contribution in [3.05, 3.63) is 95.8 Å². The fourth-order valence-electron chi connectivity index (χ4n) is 3.20. The Morgan fingerprint density at radius 1 is 0.879 bits per heavy atom. The van der Waals surface area contributed by atoms with Crippen molar-refractivity contribution >= 4 is 21.9 Å². The third-order valence-corrected chi connectivity index (χ3v) is 6.50. The smallest absolute Gasteiger partial charge is 0.323 e. The third kappa shape index (κ3) is 7.23. The van der Waals surface area contributed by atoms with Gasteiger partial charge in [-0.05, 0) is 66.8 Å². The summed E-state index contributed by atoms with van der Waals surface area (Å²) in [6, 6.07) is 17.0. The van der Waals surface area contributed by atoms with Crippen LogP contribution in [0.15, 0.2) is 84.0 Å². The SMILES string of the molecule is O=C(NCC(NS(=O)(=O)c1ccccc1)C(=O)O)c1ccc(CCCc2ccncc2)cc1. The van der Waals surface area contributed by atoms with Crippen molar-refractivity contribution in [1.82, 2.24) is 15.0 Å². The minimum absolute atomic E-state index is 0.0536. The van der Waals surface area contributed by atoms with Crippen LogP contribution in [0.3, 0.4) is 0 Å². The van der Waals surface area contributed by atoms with E-state index in [0.29, 0.717) is 5.56 Å². The largest absolute Gasteiger partial charge is 0.480 e. The highest BCUT2D eigenvalue weighted by molar-refractivity contribution is 7.89. The summed E-state index contributed by atoms with van der Waals surface area (Å²) in [6.45, 7) is -0.395. The van der Waals surface area contributed by atoms with E-state index in [4.69, 9.17) is 0 Å². The van der Waals surface area contributed by atoms with Gasteiger partial charge in [-0.2, -0.15) is 4.72 Å². The number of aromatic nitrogens is 1. The molecule has 0 fully saturated rings. The zero-order valence-corrected chi connectivity index (χ0v) is 18.7. The molecule has 9 heteroatoms. The summed E-state index contributed by atoms with van der Waals surface area (Å²) in [6.07, 6.45) is 6.28. The van der Waals surface area contributed by atoms with E-state index in [1.165, 1.54) is 29.8 Å². The molecule has 3 rings (SSSR count). The van der Waals surface area contributed by atoms with Crippen LogP contribution in [0, 0.1) is 0 Å². The summed E-state index contributed by atoms with van der Waals surface area (Å²) in [7, 11) is -4.04. The topological polar surface area (TPSA) is 125 Å². The van der Waals surface area contributed by atoms with Crippen molar-refractivity contribution in [2.24, 2.45) is 0 Å². The standard InChI is InChI=1S/C24H25N3O5S/c28-23(20-11-9-18(10-12-20)5-4-6-19-13-15-25-16-14-19)26-17-22(24(29)30)27-33(31,32)21-7-2-1-3-8-21/h1-3,7-16,22,27H,4-6,17H2,(H,26,28)(H,29,30). The van der Waals surface area contributed by atoms with Gasteiger partial charge in [0.2, 0.25) is 10.0 Å². The predicted octanol–water partition coefficient (Wildman–Crippen LogP) is 2.42. The van der Waals surface area contributed by atoms with Crippen molar-refractivity contribution < 1.29 is 23.1 Å². The normalized spacial score (nSPS) is 12.1. The lowest BCUT2D eigenvalue weighted by Gasteiger charge is -2.16. The Labute approximate surface area is 192 Å². The molecule has 1 amide bonds. The molecule has 3 N–H and O–H groups in total. The first-order chi connectivity index (χ1) is 15.8. The highest BCUT2D eigenvalue weighted by atomic mass is 32.2. The molecule has 0 bridgehead atoms. The maximum atomic E-state index is 12.4. The summed E-state index contributed by atoms with van der Waals surface area (Å²) in [5.74, 6) is -1.87. The molecule has 2 aromatic carbocycles. The van der Waals surface area contributed by atoms with Crippen molar-refractivity contribution in [2.75, 3.05) is 6.54 Å². The van der Waals surface area contributed by atoms with Crippen molar-refractivity contribution in [3.8, 4) is 0 Å². The second kappa shape index (κ2) is 11.3. The zero-order valence-electron chi connectivity index (χ0n) is 17.8. The Kier molecular flexibility index (Phi) is 8.28. The van der Waals surface area contributed by atoms with Crippen LogP contribution in [0.4, 0.5) is 0 Å². The molecular formula is C24H25N3O5S. The number of benzene rings is 2. The summed E-state index contributed by atoms with van der Waals surface area (Å²) >= 11 is 0. The van der Waals surface area contributed by atoms with Crippen LogP contribution in [-0.4, -0.2) is 43.0 Å². The number of hydrogen-bond donors (Lipinski definition) is 3. The van der Waals surface area contributed by atoms with Gasteiger partial charge in [-0.1, -0.05) is 30.3 Å². The van der Waals surface area contributed by atoms with Crippen LogP contribution in [0.5, 0.6) is 0 Å². The van der Waals surface area contributed by atoms with Crippen LogP contribution < -0.4 is 10.0 Å². The summed E-state index contributed by atoms with van der Waals surface area (Å²) in [5, 5.41) is 11.9. The summed E-state index contributed by atoms with van der Waals surface area (Å²) in [4.78, 5) is 27.9. The van der Waals surface area contributed by atoms with Gasteiger partial charge in [-0.25, -0.2) is 8.42 Å². The number of sulfonamides is 1. The fraction of sp³-hybridized carbons (Fsp3) is 0.208. The van der Waals surface area contributed by atoms with E-state index >= 15 is 0 Å². The molecule has 0 aliphatic carbocycles. The third-order valence-electron chi connectivity index (χ3n) is 5.01. The highest BCUT2D eigenvalue weighted by Crippen LogP contribution is 2.11. The average Bonchev–Trinajstić information content (AvgIpc) is 2.83. The predicted molar refractivity (Wildman–Crippen MR) is 123 cm³/mol. The number of carboxylic acids is 1. The van der Waals surface area contributed by atoms with Crippen LogP contribution in [0.25, 0.3) is 0 Å². The Hall–Kier alpha value is -3.56. The number of carbonyl (C=O) groups excluding carboxylic acids is 1. The Balaban J connectivity index is 1.52. The molecule has 0 radical (unpaired) electrons. The molecule has 0 spiro atoms. The number of hydrogen-bond acceptors (Lipinski definition) is 5. The first kappa shape index (κ1) is 24.1. The van der Waals surface area contributed by atoms with E-state index in [1.54, 1.807) is 30.6 Å². The molecule has 0 saturated heterocycles.